The van der Waals surface area contributed by atoms with Gasteiger partial charge in [0.05, 0.1) is 10.6 Å². The molecule has 0 aliphatic heterocycles. The average molecular weight is 345 g/mol. The monoisotopic (exact) mass is 344 g/mol. The summed E-state index contributed by atoms with van der Waals surface area (Å²) in [6, 6.07) is 1.47. The van der Waals surface area contributed by atoms with Gasteiger partial charge in [0, 0.05) is 12.1 Å². The lowest BCUT2D eigenvalue weighted by molar-refractivity contribution is 0.102. The highest BCUT2D eigenvalue weighted by atomic mass is 35.5. The zero-order valence-corrected chi connectivity index (χ0v) is 13.9. The van der Waals surface area contributed by atoms with Crippen LogP contribution < -0.4 is 5.32 Å². The van der Waals surface area contributed by atoms with E-state index in [1.807, 2.05) is 0 Å². The second kappa shape index (κ2) is 7.15. The van der Waals surface area contributed by atoms with Crippen LogP contribution in [0.3, 0.4) is 0 Å². The second-order valence-electron chi connectivity index (χ2n) is 4.41. The normalized spacial score (nSPS) is 10.9. The van der Waals surface area contributed by atoms with Crippen LogP contribution in [0.2, 0.25) is 10.2 Å². The number of aromatic nitrogens is 3. The van der Waals surface area contributed by atoms with Gasteiger partial charge in [-0.1, -0.05) is 48.4 Å². The van der Waals surface area contributed by atoms with Crippen molar-refractivity contribution in [1.29, 1.82) is 0 Å². The van der Waals surface area contributed by atoms with Crippen LogP contribution >= 0.6 is 34.5 Å². The summed E-state index contributed by atoms with van der Waals surface area (Å²) in [6.45, 7) is 4.21. The van der Waals surface area contributed by atoms with E-state index >= 15 is 0 Å². The van der Waals surface area contributed by atoms with Gasteiger partial charge in [0.1, 0.15) is 10.2 Å². The SMILES string of the molecule is CCC(CC)c1nnc(NC(=O)c2cnc(Cl)c(Cl)c2)s1. The molecule has 0 aliphatic rings. The Labute approximate surface area is 136 Å². The molecule has 2 aromatic heterocycles. The van der Waals surface area contributed by atoms with Crippen molar-refractivity contribution in [2.24, 2.45) is 0 Å². The van der Waals surface area contributed by atoms with E-state index in [9.17, 15) is 4.79 Å². The summed E-state index contributed by atoms with van der Waals surface area (Å²) in [7, 11) is 0. The van der Waals surface area contributed by atoms with Crippen LogP contribution in [0, 0.1) is 0 Å². The maximum atomic E-state index is 12.1. The summed E-state index contributed by atoms with van der Waals surface area (Å²) >= 11 is 13.0. The third-order valence-electron chi connectivity index (χ3n) is 3.05. The molecule has 112 valence electrons. The van der Waals surface area contributed by atoms with Gasteiger partial charge in [-0.2, -0.15) is 0 Å². The molecule has 8 heteroatoms. The quantitative estimate of drug-likeness (QED) is 0.816. The minimum Gasteiger partial charge on any atom is -0.296 e. The van der Waals surface area contributed by atoms with Crippen LogP contribution in [0.5, 0.6) is 0 Å². The lowest BCUT2D eigenvalue weighted by atomic mass is 10.1. The van der Waals surface area contributed by atoms with Crippen molar-refractivity contribution in [3.8, 4) is 0 Å². The highest BCUT2D eigenvalue weighted by Gasteiger charge is 2.16. The number of amides is 1. The Morgan fingerprint density at radius 3 is 2.67 bits per heavy atom. The number of pyridine rings is 1. The predicted molar refractivity (Wildman–Crippen MR) is 85.4 cm³/mol. The Balaban J connectivity index is 2.11. The number of nitrogens with zero attached hydrogens (tertiary/aromatic N) is 3. The molecule has 1 N–H and O–H groups in total. The van der Waals surface area contributed by atoms with E-state index in [2.05, 4.69) is 34.3 Å². The van der Waals surface area contributed by atoms with E-state index in [4.69, 9.17) is 23.2 Å². The first-order valence-corrected chi connectivity index (χ1v) is 8.08. The van der Waals surface area contributed by atoms with Gasteiger partial charge in [-0.15, -0.1) is 10.2 Å². The fraction of sp³-hybridized carbons (Fsp3) is 0.385. The minimum atomic E-state index is -0.340. The molecule has 2 heterocycles. The van der Waals surface area contributed by atoms with Crippen LogP contribution in [0.4, 0.5) is 5.13 Å². The molecule has 0 aliphatic carbocycles. The van der Waals surface area contributed by atoms with E-state index < -0.39 is 0 Å². The van der Waals surface area contributed by atoms with Crippen LogP contribution in [0.1, 0.15) is 48.0 Å². The predicted octanol–water partition coefficient (Wildman–Crippen LogP) is 4.40. The van der Waals surface area contributed by atoms with E-state index in [1.165, 1.54) is 23.6 Å². The van der Waals surface area contributed by atoms with Gasteiger partial charge < -0.3 is 0 Å². The third kappa shape index (κ3) is 3.90. The fourth-order valence-electron chi connectivity index (χ4n) is 1.80. The number of anilines is 1. The molecule has 5 nitrogen and oxygen atoms in total. The van der Waals surface area contributed by atoms with Gasteiger partial charge in [-0.25, -0.2) is 4.98 Å². The standard InChI is InChI=1S/C13H14Cl2N4OS/c1-3-7(4-2)12-18-19-13(21-12)17-11(20)8-5-9(14)10(15)16-6-8/h5-7H,3-4H2,1-2H3,(H,17,19,20). The smallest absolute Gasteiger partial charge is 0.259 e. The first-order chi connectivity index (χ1) is 10.0. The molecule has 0 bridgehead atoms. The fourth-order valence-corrected chi connectivity index (χ4v) is 3.08. The molecule has 0 atom stereocenters. The summed E-state index contributed by atoms with van der Waals surface area (Å²) in [5.41, 5.74) is 0.323. The number of nitrogens with one attached hydrogen (secondary N) is 1. The topological polar surface area (TPSA) is 67.8 Å². The molecular weight excluding hydrogens is 331 g/mol. The van der Waals surface area contributed by atoms with Crippen molar-refractivity contribution in [1.82, 2.24) is 15.2 Å². The largest absolute Gasteiger partial charge is 0.296 e. The number of carbonyl (C=O) groups is 1. The van der Waals surface area contributed by atoms with Gasteiger partial charge in [0.25, 0.3) is 5.91 Å². The number of halogens is 2. The molecule has 0 spiro atoms. The van der Waals surface area contributed by atoms with Crippen LogP contribution in [0.25, 0.3) is 0 Å². The molecule has 0 unspecified atom stereocenters. The number of hydrogen-bond donors (Lipinski definition) is 1. The maximum Gasteiger partial charge on any atom is 0.259 e. The maximum absolute atomic E-state index is 12.1. The summed E-state index contributed by atoms with van der Waals surface area (Å²) in [4.78, 5) is 15.9. The van der Waals surface area contributed by atoms with Crippen molar-refractivity contribution >= 4 is 45.6 Å². The van der Waals surface area contributed by atoms with E-state index in [-0.39, 0.29) is 16.1 Å². The Morgan fingerprint density at radius 2 is 2.05 bits per heavy atom. The molecule has 0 aromatic carbocycles. The number of rotatable bonds is 5. The third-order valence-corrected chi connectivity index (χ3v) is 4.74. The summed E-state index contributed by atoms with van der Waals surface area (Å²) in [5.74, 6) is 0.0353. The second-order valence-corrected chi connectivity index (χ2v) is 6.18. The Hall–Kier alpha value is -1.24. The van der Waals surface area contributed by atoms with Crippen LogP contribution in [-0.4, -0.2) is 21.1 Å². The van der Waals surface area contributed by atoms with Crippen LogP contribution in [0.15, 0.2) is 12.3 Å². The molecule has 0 fully saturated rings. The lowest BCUT2D eigenvalue weighted by Gasteiger charge is -2.05. The Morgan fingerprint density at radius 1 is 1.33 bits per heavy atom. The number of hydrogen-bond acceptors (Lipinski definition) is 5. The Bertz CT molecular complexity index is 643. The van der Waals surface area contributed by atoms with Crippen molar-refractivity contribution in [2.45, 2.75) is 32.6 Å². The molecule has 0 radical (unpaired) electrons. The molecule has 21 heavy (non-hydrogen) atoms. The van der Waals surface area contributed by atoms with Crippen molar-refractivity contribution in [3.63, 3.8) is 0 Å². The molecular formula is C13H14Cl2N4OS. The van der Waals surface area contributed by atoms with Gasteiger partial charge in [-0.05, 0) is 18.9 Å². The van der Waals surface area contributed by atoms with E-state index in [0.717, 1.165) is 17.8 Å². The summed E-state index contributed by atoms with van der Waals surface area (Å²) in [5, 5.41) is 12.6. The Kier molecular flexibility index (Phi) is 5.50. The highest BCUT2D eigenvalue weighted by molar-refractivity contribution is 7.15. The summed E-state index contributed by atoms with van der Waals surface area (Å²) in [6.07, 6.45) is 3.36. The molecule has 0 saturated heterocycles. The van der Waals surface area contributed by atoms with Crippen molar-refractivity contribution < 1.29 is 4.79 Å². The molecule has 2 aromatic rings. The van der Waals surface area contributed by atoms with Gasteiger partial charge in [0.15, 0.2) is 0 Å². The summed E-state index contributed by atoms with van der Waals surface area (Å²) < 4.78 is 0. The van der Waals surface area contributed by atoms with Crippen LogP contribution in [-0.2, 0) is 0 Å². The van der Waals surface area contributed by atoms with E-state index in [1.54, 1.807) is 0 Å². The van der Waals surface area contributed by atoms with Crippen molar-refractivity contribution in [2.75, 3.05) is 5.32 Å². The lowest BCUT2D eigenvalue weighted by Crippen LogP contribution is -2.12. The highest BCUT2D eigenvalue weighted by Crippen LogP contribution is 2.28. The first kappa shape index (κ1) is 16.1. The molecule has 0 saturated carbocycles. The zero-order chi connectivity index (χ0) is 15.4. The molecule has 1 amide bonds. The minimum absolute atomic E-state index is 0.167. The van der Waals surface area contributed by atoms with Gasteiger partial charge in [0.2, 0.25) is 5.13 Å². The molecule has 2 rings (SSSR count). The van der Waals surface area contributed by atoms with E-state index in [0.29, 0.717) is 16.6 Å². The van der Waals surface area contributed by atoms with Gasteiger partial charge in [-0.3, -0.25) is 10.1 Å². The number of carbonyl (C=O) groups excluding carboxylic acids is 1. The average Bonchev–Trinajstić information content (AvgIpc) is 2.91. The zero-order valence-electron chi connectivity index (χ0n) is 11.6. The van der Waals surface area contributed by atoms with Crippen molar-refractivity contribution in [3.05, 3.63) is 33.0 Å². The first-order valence-electron chi connectivity index (χ1n) is 6.50. The van der Waals surface area contributed by atoms with Gasteiger partial charge >= 0.3 is 0 Å².